The number of carbonyl (C=O) groups excluding carboxylic acids is 2. The van der Waals surface area contributed by atoms with Gasteiger partial charge in [-0.2, -0.15) is 0 Å². The van der Waals surface area contributed by atoms with Crippen LogP contribution in [-0.4, -0.2) is 49.7 Å². The van der Waals surface area contributed by atoms with Gasteiger partial charge in [0.1, 0.15) is 13.2 Å². The summed E-state index contributed by atoms with van der Waals surface area (Å²) in [6, 6.07) is 4.71. The third kappa shape index (κ3) is 6.07. The monoisotopic (exact) mass is 587 g/mol. The van der Waals surface area contributed by atoms with Gasteiger partial charge in [-0.3, -0.25) is 4.79 Å². The van der Waals surface area contributed by atoms with E-state index in [2.05, 4.69) is 11.9 Å². The summed E-state index contributed by atoms with van der Waals surface area (Å²) in [5.74, 6) is -6.53. The molecule has 2 N–H and O–H groups in total. The zero-order valence-electron chi connectivity index (χ0n) is 20.5. The number of fused-ring (bicyclic) bond motifs is 2. The molecule has 2 aliphatic rings. The van der Waals surface area contributed by atoms with Crippen LogP contribution in [0.1, 0.15) is 36.0 Å². The van der Waals surface area contributed by atoms with E-state index < -0.39 is 62.0 Å². The first kappa shape index (κ1) is 28.9. The number of aliphatic hydroxyl groups is 1. The number of anilines is 1. The summed E-state index contributed by atoms with van der Waals surface area (Å²) in [6.45, 7) is 3.00. The van der Waals surface area contributed by atoms with Crippen molar-refractivity contribution in [1.82, 2.24) is 0 Å². The number of nitrogens with one attached hydrogen (secondary N) is 1. The smallest absolute Gasteiger partial charge is 0.431 e. The molecular formula is C26H25ClF3NO7S. The topological polar surface area (TPSA) is 119 Å². The zero-order valence-corrected chi connectivity index (χ0v) is 22.0. The van der Waals surface area contributed by atoms with Crippen LogP contribution in [0.2, 0.25) is 5.02 Å². The normalized spacial score (nSPS) is 24.2. The van der Waals surface area contributed by atoms with Gasteiger partial charge in [-0.1, -0.05) is 24.3 Å². The Morgan fingerprint density at radius 2 is 1.72 bits per heavy atom. The van der Waals surface area contributed by atoms with Crippen LogP contribution in [0.3, 0.4) is 0 Å². The van der Waals surface area contributed by atoms with Crippen molar-refractivity contribution in [3.63, 3.8) is 0 Å². The lowest BCUT2D eigenvalue weighted by Crippen LogP contribution is -2.48. The molecule has 210 valence electrons. The van der Waals surface area contributed by atoms with E-state index >= 15 is 0 Å². The third-order valence-corrected chi connectivity index (χ3v) is 9.88. The summed E-state index contributed by atoms with van der Waals surface area (Å²) < 4.78 is 77.6. The summed E-state index contributed by atoms with van der Waals surface area (Å²) >= 11 is 6.24. The SMILES string of the molecule is C=CCOC(=O)OCC1(O)CC2CC[C@@H](C1)C2S(=O)(=O)c1cc(C(=O)Nc2cc(F)c(F)c(F)c2)ccc1Cl. The van der Waals surface area contributed by atoms with Crippen molar-refractivity contribution in [3.05, 3.63) is 71.0 Å². The minimum atomic E-state index is -4.11. The summed E-state index contributed by atoms with van der Waals surface area (Å²) in [4.78, 5) is 24.1. The number of sulfone groups is 1. The fourth-order valence-electron chi connectivity index (χ4n) is 5.46. The molecule has 4 atom stereocenters. The van der Waals surface area contributed by atoms with Crippen molar-refractivity contribution in [2.24, 2.45) is 11.8 Å². The maximum absolute atomic E-state index is 13.8. The summed E-state index contributed by atoms with van der Waals surface area (Å²) in [7, 11) is -4.11. The molecule has 2 bridgehead atoms. The number of benzene rings is 2. The van der Waals surface area contributed by atoms with Gasteiger partial charge < -0.3 is 19.9 Å². The van der Waals surface area contributed by atoms with Crippen LogP contribution in [-0.2, 0) is 19.3 Å². The molecule has 39 heavy (non-hydrogen) atoms. The second-order valence-corrected chi connectivity index (χ2v) is 12.2. The van der Waals surface area contributed by atoms with E-state index in [9.17, 15) is 36.3 Å². The van der Waals surface area contributed by atoms with Gasteiger partial charge in [0.2, 0.25) is 0 Å². The number of hydrogen-bond donors (Lipinski definition) is 2. The highest BCUT2D eigenvalue weighted by Gasteiger charge is 2.54. The lowest BCUT2D eigenvalue weighted by molar-refractivity contribution is -0.0743. The predicted octanol–water partition coefficient (Wildman–Crippen LogP) is 5.04. The highest BCUT2D eigenvalue weighted by Crippen LogP contribution is 2.51. The molecule has 0 aliphatic heterocycles. The van der Waals surface area contributed by atoms with Crippen molar-refractivity contribution in [2.45, 2.75) is 41.4 Å². The van der Waals surface area contributed by atoms with Gasteiger partial charge in [-0.15, -0.1) is 0 Å². The van der Waals surface area contributed by atoms with Crippen LogP contribution >= 0.6 is 11.6 Å². The van der Waals surface area contributed by atoms with E-state index in [0.717, 1.165) is 6.07 Å². The number of halogens is 4. The second-order valence-electron chi connectivity index (χ2n) is 9.73. The molecule has 2 aromatic carbocycles. The second kappa shape index (κ2) is 11.2. The van der Waals surface area contributed by atoms with Crippen LogP contribution in [0.5, 0.6) is 0 Å². The van der Waals surface area contributed by atoms with Gasteiger partial charge in [0.25, 0.3) is 5.91 Å². The Kier molecular flexibility index (Phi) is 8.29. The van der Waals surface area contributed by atoms with Crippen molar-refractivity contribution >= 4 is 39.2 Å². The van der Waals surface area contributed by atoms with E-state index in [1.165, 1.54) is 18.2 Å². The maximum atomic E-state index is 13.8. The minimum absolute atomic E-state index is 0.0572. The standard InChI is InChI=1S/C26H25ClF3NO7S/c1-2-7-37-25(33)38-13-26(34)11-15-3-4-16(12-26)23(15)39(35,36)21-8-14(5-6-18(21)27)24(32)31-17-9-19(28)22(30)20(29)10-17/h2,5-6,8-10,15-16,23,34H,1,3-4,7,11-13H2,(H,31,32)/t15-,16?,23?,26?/m0/s1. The summed E-state index contributed by atoms with van der Waals surface area (Å²) in [5.41, 5.74) is -1.96. The molecule has 0 aromatic heterocycles. The lowest BCUT2D eigenvalue weighted by Gasteiger charge is -2.40. The molecule has 1 amide bonds. The molecule has 13 heteroatoms. The molecule has 2 fully saturated rings. The van der Waals surface area contributed by atoms with E-state index in [-0.39, 0.29) is 47.2 Å². The molecule has 0 spiro atoms. The molecule has 0 saturated heterocycles. The zero-order chi connectivity index (χ0) is 28.5. The van der Waals surface area contributed by atoms with Crippen molar-refractivity contribution < 1.29 is 45.8 Å². The first-order chi connectivity index (χ1) is 18.3. The van der Waals surface area contributed by atoms with Crippen LogP contribution in [0.25, 0.3) is 0 Å². The van der Waals surface area contributed by atoms with Gasteiger partial charge in [-0.05, 0) is 55.7 Å². The van der Waals surface area contributed by atoms with Crippen LogP contribution in [0.4, 0.5) is 23.7 Å². The largest absolute Gasteiger partial charge is 0.508 e. The Balaban J connectivity index is 1.52. The Bertz CT molecular complexity index is 1380. The Hall–Kier alpha value is -3.09. The predicted molar refractivity (Wildman–Crippen MR) is 135 cm³/mol. The first-order valence-electron chi connectivity index (χ1n) is 12.0. The van der Waals surface area contributed by atoms with Gasteiger partial charge in [-0.25, -0.2) is 26.4 Å². The highest BCUT2D eigenvalue weighted by atomic mass is 35.5. The first-order valence-corrected chi connectivity index (χ1v) is 13.9. The summed E-state index contributed by atoms with van der Waals surface area (Å²) in [5, 5.41) is 12.2. The average Bonchev–Trinajstić information content (AvgIpc) is 3.18. The maximum Gasteiger partial charge on any atom is 0.508 e. The fraction of sp³-hybridized carbons (Fsp3) is 0.385. The Morgan fingerprint density at radius 1 is 1.10 bits per heavy atom. The van der Waals surface area contributed by atoms with Gasteiger partial charge in [0.05, 0.1) is 20.8 Å². The van der Waals surface area contributed by atoms with E-state index in [0.29, 0.717) is 25.0 Å². The molecular weight excluding hydrogens is 563 g/mol. The van der Waals surface area contributed by atoms with Crippen LogP contribution in [0, 0.1) is 29.3 Å². The van der Waals surface area contributed by atoms with Gasteiger partial charge in [0.15, 0.2) is 27.3 Å². The molecule has 8 nitrogen and oxygen atoms in total. The van der Waals surface area contributed by atoms with Crippen molar-refractivity contribution in [1.29, 1.82) is 0 Å². The lowest BCUT2D eigenvalue weighted by atomic mass is 9.77. The van der Waals surface area contributed by atoms with Crippen LogP contribution < -0.4 is 5.32 Å². The molecule has 0 radical (unpaired) electrons. The van der Waals surface area contributed by atoms with E-state index in [4.69, 9.17) is 21.1 Å². The summed E-state index contributed by atoms with van der Waals surface area (Å²) in [6.07, 6.45) is 1.52. The number of amides is 1. The quantitative estimate of drug-likeness (QED) is 0.252. The van der Waals surface area contributed by atoms with Crippen molar-refractivity contribution in [3.8, 4) is 0 Å². The number of rotatable bonds is 8. The Labute approximate surface area is 227 Å². The van der Waals surface area contributed by atoms with Gasteiger partial charge >= 0.3 is 6.16 Å². The van der Waals surface area contributed by atoms with Crippen LogP contribution in [0.15, 0.2) is 47.9 Å². The molecule has 2 saturated carbocycles. The Morgan fingerprint density at radius 3 is 2.31 bits per heavy atom. The number of hydrogen-bond acceptors (Lipinski definition) is 7. The fourth-order valence-corrected chi connectivity index (χ4v) is 8.31. The molecule has 3 unspecified atom stereocenters. The minimum Gasteiger partial charge on any atom is -0.431 e. The average molecular weight is 588 g/mol. The number of ether oxygens (including phenoxy) is 2. The van der Waals surface area contributed by atoms with E-state index in [1.54, 1.807) is 0 Å². The number of carbonyl (C=O) groups is 2. The molecule has 0 heterocycles. The highest BCUT2D eigenvalue weighted by molar-refractivity contribution is 7.92. The third-order valence-electron chi connectivity index (χ3n) is 7.00. The van der Waals surface area contributed by atoms with Gasteiger partial charge in [0, 0.05) is 23.4 Å². The van der Waals surface area contributed by atoms with E-state index in [1.807, 2.05) is 0 Å². The molecule has 4 rings (SSSR count). The molecule has 2 aliphatic carbocycles. The molecule has 2 aromatic rings. The van der Waals surface area contributed by atoms with Crippen molar-refractivity contribution in [2.75, 3.05) is 18.5 Å².